The molecule has 2 N–H and O–H groups in total. The average Bonchev–Trinajstić information content (AvgIpc) is 2.30. The third kappa shape index (κ3) is 4.33. The topological polar surface area (TPSA) is 52.6 Å². The first-order chi connectivity index (χ1) is 8.40. The van der Waals surface area contributed by atoms with Crippen molar-refractivity contribution in [2.24, 2.45) is 0 Å². The fourth-order valence-corrected chi connectivity index (χ4v) is 1.42. The zero-order valence-corrected chi connectivity index (χ0v) is 10.9. The predicted molar refractivity (Wildman–Crippen MR) is 69.1 cm³/mol. The van der Waals surface area contributed by atoms with Crippen LogP contribution in [-0.2, 0) is 0 Å². The highest BCUT2D eigenvalue weighted by Gasteiger charge is 2.11. The van der Waals surface area contributed by atoms with E-state index in [0.717, 1.165) is 5.56 Å². The molecule has 0 saturated carbocycles. The number of carbonyl (C=O) groups excluding carboxylic acids is 1. The highest BCUT2D eigenvalue weighted by atomic mass is 19.1. The van der Waals surface area contributed by atoms with Gasteiger partial charge in [0.15, 0.2) is 0 Å². The number of aliphatic hydroxyl groups excluding tert-OH is 1. The van der Waals surface area contributed by atoms with Gasteiger partial charge < -0.3 is 15.3 Å². The van der Waals surface area contributed by atoms with Gasteiger partial charge >= 0.3 is 6.03 Å². The van der Waals surface area contributed by atoms with E-state index in [9.17, 15) is 9.18 Å². The molecule has 1 rings (SSSR count). The summed E-state index contributed by atoms with van der Waals surface area (Å²) < 4.78 is 13.1. The molecule has 1 aromatic carbocycles. The third-order valence-electron chi connectivity index (χ3n) is 2.67. The second-order valence-corrected chi connectivity index (χ2v) is 4.45. The van der Waals surface area contributed by atoms with E-state index in [4.69, 9.17) is 5.11 Å². The number of nitrogens with one attached hydrogen (secondary N) is 1. The number of carbonyl (C=O) groups is 1. The summed E-state index contributed by atoms with van der Waals surface area (Å²) in [5, 5.41) is 11.8. The fourth-order valence-electron chi connectivity index (χ4n) is 1.42. The molecule has 0 spiro atoms. The van der Waals surface area contributed by atoms with Gasteiger partial charge in [0.2, 0.25) is 0 Å². The molecular formula is C13H19FN2O2. The summed E-state index contributed by atoms with van der Waals surface area (Å²) in [6.45, 7) is 3.91. The van der Waals surface area contributed by atoms with Crippen molar-refractivity contribution in [3.05, 3.63) is 29.6 Å². The molecule has 5 heteroatoms. The quantitative estimate of drug-likeness (QED) is 0.866. The van der Waals surface area contributed by atoms with Crippen molar-refractivity contribution >= 4 is 11.7 Å². The van der Waals surface area contributed by atoms with Gasteiger partial charge in [0.25, 0.3) is 0 Å². The number of urea groups is 1. The Bertz CT molecular complexity index is 421. The molecule has 100 valence electrons. The average molecular weight is 254 g/mol. The maximum atomic E-state index is 13.1. The maximum absolute atomic E-state index is 13.1. The maximum Gasteiger partial charge on any atom is 0.321 e. The van der Waals surface area contributed by atoms with Gasteiger partial charge in [-0.1, -0.05) is 6.07 Å². The van der Waals surface area contributed by atoms with Crippen molar-refractivity contribution in [1.82, 2.24) is 4.90 Å². The summed E-state index contributed by atoms with van der Waals surface area (Å²) >= 11 is 0. The minimum absolute atomic E-state index is 0.315. The molecule has 0 saturated heterocycles. The lowest BCUT2D eigenvalue weighted by Crippen LogP contribution is -2.33. The van der Waals surface area contributed by atoms with Crippen molar-refractivity contribution in [2.45, 2.75) is 26.4 Å². The lowest BCUT2D eigenvalue weighted by Gasteiger charge is -2.19. The van der Waals surface area contributed by atoms with Crippen LogP contribution in [0.3, 0.4) is 0 Å². The molecule has 1 aromatic rings. The van der Waals surface area contributed by atoms with Crippen LogP contribution in [0.5, 0.6) is 0 Å². The molecule has 0 aromatic heterocycles. The lowest BCUT2D eigenvalue weighted by atomic mass is 10.2. The first-order valence-corrected chi connectivity index (χ1v) is 5.86. The number of benzene rings is 1. The van der Waals surface area contributed by atoms with Gasteiger partial charge in [0.05, 0.1) is 6.10 Å². The van der Waals surface area contributed by atoms with Crippen LogP contribution in [-0.4, -0.2) is 35.7 Å². The Hall–Kier alpha value is -1.62. The fraction of sp³-hybridized carbons (Fsp3) is 0.462. The molecule has 0 radical (unpaired) electrons. The van der Waals surface area contributed by atoms with Crippen LogP contribution in [0.2, 0.25) is 0 Å². The normalized spacial score (nSPS) is 12.1. The summed E-state index contributed by atoms with van der Waals surface area (Å²) in [5.74, 6) is -0.387. The summed E-state index contributed by atoms with van der Waals surface area (Å²) in [6.07, 6.45) is 0.0580. The van der Waals surface area contributed by atoms with Crippen molar-refractivity contribution < 1.29 is 14.3 Å². The van der Waals surface area contributed by atoms with Gasteiger partial charge in [-0.2, -0.15) is 0 Å². The largest absolute Gasteiger partial charge is 0.393 e. The number of halogens is 1. The summed E-state index contributed by atoms with van der Waals surface area (Å²) in [4.78, 5) is 13.3. The minimum atomic E-state index is -0.448. The van der Waals surface area contributed by atoms with Crippen molar-refractivity contribution in [1.29, 1.82) is 0 Å². The van der Waals surface area contributed by atoms with Crippen LogP contribution in [0.1, 0.15) is 18.9 Å². The highest BCUT2D eigenvalue weighted by molar-refractivity contribution is 5.89. The molecular weight excluding hydrogens is 235 g/mol. The Morgan fingerprint density at radius 2 is 2.22 bits per heavy atom. The molecule has 0 bridgehead atoms. The zero-order chi connectivity index (χ0) is 13.7. The minimum Gasteiger partial charge on any atom is -0.393 e. The number of hydrogen-bond donors (Lipinski definition) is 2. The summed E-state index contributed by atoms with van der Waals surface area (Å²) in [7, 11) is 1.63. The van der Waals surface area contributed by atoms with Crippen molar-refractivity contribution in [2.75, 3.05) is 18.9 Å². The van der Waals surface area contributed by atoms with E-state index in [1.165, 1.54) is 17.0 Å². The number of nitrogens with zero attached hydrogens (tertiary/aromatic N) is 1. The van der Waals surface area contributed by atoms with Crippen LogP contribution in [0, 0.1) is 12.7 Å². The molecule has 1 atom stereocenters. The van der Waals surface area contributed by atoms with Gasteiger partial charge in [-0.3, -0.25) is 0 Å². The molecule has 2 amide bonds. The molecule has 0 unspecified atom stereocenters. The Balaban J connectivity index is 2.61. The monoisotopic (exact) mass is 254 g/mol. The number of anilines is 1. The lowest BCUT2D eigenvalue weighted by molar-refractivity contribution is 0.167. The van der Waals surface area contributed by atoms with E-state index in [-0.39, 0.29) is 11.8 Å². The smallest absolute Gasteiger partial charge is 0.321 e. The predicted octanol–water partition coefficient (Wildman–Crippen LogP) is 2.37. The van der Waals surface area contributed by atoms with E-state index in [0.29, 0.717) is 18.7 Å². The van der Waals surface area contributed by atoms with E-state index < -0.39 is 6.10 Å². The first-order valence-electron chi connectivity index (χ1n) is 5.86. The molecule has 0 fully saturated rings. The van der Waals surface area contributed by atoms with Crippen LogP contribution in [0.15, 0.2) is 18.2 Å². The van der Waals surface area contributed by atoms with Gasteiger partial charge in [-0.05, 0) is 38.0 Å². The molecule has 0 heterocycles. The van der Waals surface area contributed by atoms with E-state index in [2.05, 4.69) is 5.32 Å². The van der Waals surface area contributed by atoms with Crippen molar-refractivity contribution in [3.63, 3.8) is 0 Å². The van der Waals surface area contributed by atoms with E-state index in [1.807, 2.05) is 0 Å². The number of amides is 2. The Morgan fingerprint density at radius 3 is 2.83 bits per heavy atom. The van der Waals surface area contributed by atoms with Crippen LogP contribution >= 0.6 is 0 Å². The number of rotatable bonds is 4. The number of aliphatic hydroxyl groups is 1. The SMILES string of the molecule is Cc1ccc(F)cc1NC(=O)N(C)CC[C@@H](C)O. The second-order valence-electron chi connectivity index (χ2n) is 4.45. The molecule has 4 nitrogen and oxygen atoms in total. The molecule has 0 aliphatic carbocycles. The Kier molecular flexibility index (Phi) is 5.09. The number of aryl methyl sites for hydroxylation is 1. The van der Waals surface area contributed by atoms with Crippen LogP contribution in [0.4, 0.5) is 14.9 Å². The molecule has 0 aliphatic rings. The molecule has 0 aliphatic heterocycles. The van der Waals surface area contributed by atoms with Crippen LogP contribution < -0.4 is 5.32 Å². The second kappa shape index (κ2) is 6.35. The van der Waals surface area contributed by atoms with Gasteiger partial charge in [0, 0.05) is 19.3 Å². The zero-order valence-electron chi connectivity index (χ0n) is 10.9. The summed E-state index contributed by atoms with van der Waals surface area (Å²) in [6, 6.07) is 3.93. The molecule has 18 heavy (non-hydrogen) atoms. The van der Waals surface area contributed by atoms with E-state index >= 15 is 0 Å². The first kappa shape index (κ1) is 14.4. The Labute approximate surface area is 106 Å². The third-order valence-corrected chi connectivity index (χ3v) is 2.67. The Morgan fingerprint density at radius 1 is 1.56 bits per heavy atom. The number of hydrogen-bond acceptors (Lipinski definition) is 2. The van der Waals surface area contributed by atoms with Crippen molar-refractivity contribution in [3.8, 4) is 0 Å². The summed E-state index contributed by atoms with van der Waals surface area (Å²) in [5.41, 5.74) is 1.26. The van der Waals surface area contributed by atoms with Gasteiger partial charge in [0.1, 0.15) is 5.82 Å². The highest BCUT2D eigenvalue weighted by Crippen LogP contribution is 2.16. The van der Waals surface area contributed by atoms with Gasteiger partial charge in [-0.15, -0.1) is 0 Å². The van der Waals surface area contributed by atoms with Gasteiger partial charge in [-0.25, -0.2) is 9.18 Å². The van der Waals surface area contributed by atoms with E-state index in [1.54, 1.807) is 27.0 Å². The standard InChI is InChI=1S/C13H19FN2O2/c1-9-4-5-11(14)8-12(9)15-13(18)16(3)7-6-10(2)17/h4-5,8,10,17H,6-7H2,1-3H3,(H,15,18)/t10-/m1/s1. The van der Waals surface area contributed by atoms with Crippen LogP contribution in [0.25, 0.3) is 0 Å².